The van der Waals surface area contributed by atoms with Crippen LogP contribution in [0.25, 0.3) is 11.2 Å². The van der Waals surface area contributed by atoms with Crippen molar-refractivity contribution in [3.05, 3.63) is 48.0 Å². The van der Waals surface area contributed by atoms with E-state index >= 15 is 0 Å². The molecule has 0 aliphatic carbocycles. The first kappa shape index (κ1) is 14.5. The van der Waals surface area contributed by atoms with E-state index in [-0.39, 0.29) is 6.10 Å². The Balaban J connectivity index is 1.68. The third-order valence-electron chi connectivity index (χ3n) is 3.26. The Morgan fingerprint density at radius 2 is 2.05 bits per heavy atom. The summed E-state index contributed by atoms with van der Waals surface area (Å²) in [6.45, 7) is 5.39. The first-order valence-corrected chi connectivity index (χ1v) is 7.30. The number of H-pyrrole nitrogens is 1. The normalized spacial score (nSPS) is 11.2. The molecule has 22 heavy (non-hydrogen) atoms. The van der Waals surface area contributed by atoms with Crippen molar-refractivity contribution in [2.24, 2.45) is 0 Å². The molecule has 0 radical (unpaired) electrons. The van der Waals surface area contributed by atoms with Crippen LogP contribution in [0, 0.1) is 0 Å². The second-order valence-electron chi connectivity index (χ2n) is 5.36. The van der Waals surface area contributed by atoms with Gasteiger partial charge in [-0.25, -0.2) is 15.0 Å². The van der Waals surface area contributed by atoms with Crippen molar-refractivity contribution in [2.45, 2.75) is 33.1 Å². The van der Waals surface area contributed by atoms with E-state index < -0.39 is 0 Å². The van der Waals surface area contributed by atoms with E-state index in [2.05, 4.69) is 43.5 Å². The van der Waals surface area contributed by atoms with Gasteiger partial charge in [0, 0.05) is 6.54 Å². The van der Waals surface area contributed by atoms with Crippen molar-refractivity contribution in [3.63, 3.8) is 0 Å². The summed E-state index contributed by atoms with van der Waals surface area (Å²) in [5.74, 6) is 0.756. The van der Waals surface area contributed by atoms with Crippen LogP contribution in [0.3, 0.4) is 0 Å². The van der Waals surface area contributed by atoms with Crippen LogP contribution in [-0.4, -0.2) is 26.0 Å². The number of aromatic nitrogens is 4. The molecule has 0 saturated heterocycles. The molecule has 2 aromatic heterocycles. The van der Waals surface area contributed by atoms with Gasteiger partial charge in [-0.15, -0.1) is 0 Å². The minimum Gasteiger partial charge on any atom is -0.374 e. The van der Waals surface area contributed by atoms with Crippen LogP contribution in [-0.2, 0) is 17.9 Å². The largest absolute Gasteiger partial charge is 0.374 e. The Morgan fingerprint density at radius 3 is 2.91 bits per heavy atom. The number of rotatable bonds is 6. The molecule has 0 saturated carbocycles. The highest BCUT2D eigenvalue weighted by molar-refractivity contribution is 5.81. The number of anilines is 1. The van der Waals surface area contributed by atoms with Gasteiger partial charge in [0.25, 0.3) is 0 Å². The summed E-state index contributed by atoms with van der Waals surface area (Å²) in [4.78, 5) is 15.5. The second-order valence-corrected chi connectivity index (χ2v) is 5.36. The van der Waals surface area contributed by atoms with Gasteiger partial charge in [0.2, 0.25) is 0 Å². The number of hydrogen-bond acceptors (Lipinski definition) is 5. The van der Waals surface area contributed by atoms with Gasteiger partial charge in [-0.1, -0.05) is 24.3 Å². The molecular weight excluding hydrogens is 278 g/mol. The van der Waals surface area contributed by atoms with Crippen molar-refractivity contribution < 1.29 is 4.74 Å². The van der Waals surface area contributed by atoms with E-state index in [9.17, 15) is 0 Å². The Bertz CT molecular complexity index is 753. The average molecular weight is 297 g/mol. The highest BCUT2D eigenvalue weighted by atomic mass is 16.5. The Hall–Kier alpha value is -2.47. The highest BCUT2D eigenvalue weighted by Gasteiger charge is 2.05. The quantitative estimate of drug-likeness (QED) is 0.731. The number of benzene rings is 1. The molecule has 1 aromatic carbocycles. The van der Waals surface area contributed by atoms with Gasteiger partial charge in [0.1, 0.15) is 11.8 Å². The van der Waals surface area contributed by atoms with Crippen LogP contribution in [0.5, 0.6) is 0 Å². The van der Waals surface area contributed by atoms with Crippen LogP contribution in [0.2, 0.25) is 0 Å². The molecule has 0 aliphatic rings. The minimum absolute atomic E-state index is 0.233. The summed E-state index contributed by atoms with van der Waals surface area (Å²) in [6.07, 6.45) is 3.36. The summed E-state index contributed by atoms with van der Waals surface area (Å²) < 4.78 is 5.64. The van der Waals surface area contributed by atoms with Gasteiger partial charge in [-0.05, 0) is 25.0 Å². The first-order chi connectivity index (χ1) is 10.7. The summed E-state index contributed by atoms with van der Waals surface area (Å²) in [5.41, 5.74) is 3.83. The summed E-state index contributed by atoms with van der Waals surface area (Å²) in [7, 11) is 0. The highest BCUT2D eigenvalue weighted by Crippen LogP contribution is 2.16. The van der Waals surface area contributed by atoms with Gasteiger partial charge >= 0.3 is 0 Å². The topological polar surface area (TPSA) is 75.7 Å². The average Bonchev–Trinajstić information content (AvgIpc) is 3.00. The van der Waals surface area contributed by atoms with Crippen LogP contribution < -0.4 is 5.32 Å². The fourth-order valence-electron chi connectivity index (χ4n) is 2.18. The zero-order valence-electron chi connectivity index (χ0n) is 12.7. The Labute approximate surface area is 129 Å². The molecule has 0 amide bonds. The van der Waals surface area contributed by atoms with E-state index in [4.69, 9.17) is 4.74 Å². The predicted molar refractivity (Wildman–Crippen MR) is 85.4 cm³/mol. The molecule has 0 unspecified atom stereocenters. The van der Waals surface area contributed by atoms with Crippen LogP contribution in [0.15, 0.2) is 36.9 Å². The van der Waals surface area contributed by atoms with Gasteiger partial charge in [-0.3, -0.25) is 0 Å². The molecule has 0 bridgehead atoms. The molecular formula is C16H19N5O. The van der Waals surface area contributed by atoms with Gasteiger partial charge in [-0.2, -0.15) is 0 Å². The van der Waals surface area contributed by atoms with Crippen LogP contribution in [0.1, 0.15) is 25.0 Å². The summed E-state index contributed by atoms with van der Waals surface area (Å²) in [6, 6.07) is 8.34. The molecule has 2 heterocycles. The molecule has 0 spiro atoms. The third-order valence-corrected chi connectivity index (χ3v) is 3.26. The molecule has 114 valence electrons. The van der Waals surface area contributed by atoms with Gasteiger partial charge < -0.3 is 15.0 Å². The number of hydrogen-bond donors (Lipinski definition) is 2. The number of ether oxygens (including phenoxy) is 1. The smallest absolute Gasteiger partial charge is 0.182 e. The van der Waals surface area contributed by atoms with Crippen LogP contribution >= 0.6 is 0 Å². The maximum absolute atomic E-state index is 5.64. The molecule has 0 fully saturated rings. The van der Waals surface area contributed by atoms with E-state index in [1.54, 1.807) is 6.33 Å². The van der Waals surface area contributed by atoms with Crippen molar-refractivity contribution in [2.75, 3.05) is 5.32 Å². The van der Waals surface area contributed by atoms with E-state index in [0.29, 0.717) is 18.8 Å². The lowest BCUT2D eigenvalue weighted by molar-refractivity contribution is 0.0657. The Kier molecular flexibility index (Phi) is 4.29. The number of fused-ring (bicyclic) bond motifs is 1. The van der Waals surface area contributed by atoms with Crippen molar-refractivity contribution in [1.29, 1.82) is 0 Å². The molecule has 0 aliphatic heterocycles. The van der Waals surface area contributed by atoms with Crippen molar-refractivity contribution >= 4 is 17.0 Å². The lowest BCUT2D eigenvalue weighted by Gasteiger charge is -2.10. The van der Waals surface area contributed by atoms with Gasteiger partial charge in [0.15, 0.2) is 11.5 Å². The molecule has 0 atom stereocenters. The molecule has 6 nitrogen and oxygen atoms in total. The molecule has 6 heteroatoms. The summed E-state index contributed by atoms with van der Waals surface area (Å²) >= 11 is 0. The lowest BCUT2D eigenvalue weighted by atomic mass is 10.1. The zero-order valence-corrected chi connectivity index (χ0v) is 12.7. The number of nitrogens with one attached hydrogen (secondary N) is 2. The third kappa shape index (κ3) is 3.40. The van der Waals surface area contributed by atoms with E-state index in [1.807, 2.05) is 19.9 Å². The molecule has 3 rings (SSSR count). The van der Waals surface area contributed by atoms with Crippen molar-refractivity contribution in [1.82, 2.24) is 19.9 Å². The molecule has 2 N–H and O–H groups in total. The number of nitrogens with zero attached hydrogens (tertiary/aromatic N) is 3. The lowest BCUT2D eigenvalue weighted by Crippen LogP contribution is -2.05. The SMILES string of the molecule is CC(C)OCc1cccc(CNc2ncnc3nc[nH]c23)c1. The zero-order chi connectivity index (χ0) is 15.4. The number of aromatic amines is 1. The predicted octanol–water partition coefficient (Wildman–Crippen LogP) is 2.89. The minimum atomic E-state index is 0.233. The van der Waals surface area contributed by atoms with Crippen molar-refractivity contribution in [3.8, 4) is 0 Å². The maximum Gasteiger partial charge on any atom is 0.182 e. The fraction of sp³-hybridized carbons (Fsp3) is 0.312. The second kappa shape index (κ2) is 6.53. The maximum atomic E-state index is 5.64. The Morgan fingerprint density at radius 1 is 1.18 bits per heavy atom. The summed E-state index contributed by atoms with van der Waals surface area (Å²) in [5, 5.41) is 3.32. The monoisotopic (exact) mass is 297 g/mol. The van der Waals surface area contributed by atoms with E-state index in [0.717, 1.165) is 11.3 Å². The fourth-order valence-corrected chi connectivity index (χ4v) is 2.18. The standard InChI is InChI=1S/C16H19N5O/c1-11(2)22-8-13-5-3-4-12(6-13)7-17-15-14-16(19-9-18-14)21-10-20-15/h3-6,9-11H,7-8H2,1-2H3,(H2,17,18,19,20,21). The van der Waals surface area contributed by atoms with Gasteiger partial charge in [0.05, 0.1) is 19.0 Å². The molecule has 3 aromatic rings. The number of imidazole rings is 1. The van der Waals surface area contributed by atoms with Crippen LogP contribution in [0.4, 0.5) is 5.82 Å². The van der Waals surface area contributed by atoms with E-state index in [1.165, 1.54) is 17.5 Å². The first-order valence-electron chi connectivity index (χ1n) is 7.30.